The van der Waals surface area contributed by atoms with Crippen LogP contribution >= 0.6 is 11.3 Å². The van der Waals surface area contributed by atoms with Gasteiger partial charge in [-0.05, 0) is 35.6 Å². The van der Waals surface area contributed by atoms with E-state index in [1.54, 1.807) is 12.3 Å². The Bertz CT molecular complexity index is 757. The Kier molecular flexibility index (Phi) is 4.72. The smallest absolute Gasteiger partial charge is 0.242 e. The first kappa shape index (κ1) is 16.0. The number of thiophene rings is 1. The van der Waals surface area contributed by atoms with Crippen molar-refractivity contribution in [2.75, 3.05) is 0 Å². The first-order valence-corrected chi connectivity index (χ1v) is 8.33. The lowest BCUT2D eigenvalue weighted by Gasteiger charge is -2.08. The monoisotopic (exact) mass is 333 g/mol. The summed E-state index contributed by atoms with van der Waals surface area (Å²) in [5.74, 6) is -2.02. The lowest BCUT2D eigenvalue weighted by Crippen LogP contribution is -2.24. The minimum atomic E-state index is -3.83. The maximum absolute atomic E-state index is 13.1. The lowest BCUT2D eigenvalue weighted by molar-refractivity contribution is 0.282. The van der Waals surface area contributed by atoms with E-state index in [-0.39, 0.29) is 18.0 Å². The largest absolute Gasteiger partial charge is 0.391 e. The van der Waals surface area contributed by atoms with E-state index in [1.165, 1.54) is 6.07 Å². The number of hydrogen-bond donors (Lipinski definition) is 2. The van der Waals surface area contributed by atoms with Crippen molar-refractivity contribution < 1.29 is 22.3 Å². The van der Waals surface area contributed by atoms with Crippen molar-refractivity contribution in [1.29, 1.82) is 0 Å². The Balaban J connectivity index is 2.21. The molecule has 2 N–H and O–H groups in total. The quantitative estimate of drug-likeness (QED) is 0.882. The summed E-state index contributed by atoms with van der Waals surface area (Å²) in [6, 6.07) is 3.17. The van der Waals surface area contributed by atoms with E-state index in [0.717, 1.165) is 23.5 Å². The topological polar surface area (TPSA) is 66.4 Å². The zero-order valence-corrected chi connectivity index (χ0v) is 12.7. The highest BCUT2D eigenvalue weighted by molar-refractivity contribution is 7.89. The predicted molar refractivity (Wildman–Crippen MR) is 75.4 cm³/mol. The van der Waals surface area contributed by atoms with Gasteiger partial charge in [0, 0.05) is 6.54 Å². The number of benzene rings is 1. The average Bonchev–Trinajstić information content (AvgIpc) is 2.82. The van der Waals surface area contributed by atoms with Crippen LogP contribution in [0.3, 0.4) is 0 Å². The molecule has 2 aromatic rings. The van der Waals surface area contributed by atoms with E-state index in [1.807, 2.05) is 0 Å². The Morgan fingerprint density at radius 2 is 2.00 bits per heavy atom. The van der Waals surface area contributed by atoms with E-state index in [2.05, 4.69) is 4.72 Å². The van der Waals surface area contributed by atoms with Crippen molar-refractivity contribution in [3.8, 4) is 0 Å². The normalized spacial score (nSPS) is 11.8. The number of aliphatic hydroxyl groups is 1. The second-order valence-corrected chi connectivity index (χ2v) is 7.07. The second kappa shape index (κ2) is 6.18. The molecule has 0 atom stereocenters. The summed E-state index contributed by atoms with van der Waals surface area (Å²) in [4.78, 5) is 0.378. The summed E-state index contributed by atoms with van der Waals surface area (Å²) in [6.07, 6.45) is 0. The van der Waals surface area contributed by atoms with Crippen LogP contribution in [-0.2, 0) is 23.2 Å². The zero-order chi connectivity index (χ0) is 15.6. The van der Waals surface area contributed by atoms with Crippen LogP contribution in [0, 0.1) is 18.6 Å². The van der Waals surface area contributed by atoms with Crippen molar-refractivity contribution in [3.05, 3.63) is 51.2 Å². The van der Waals surface area contributed by atoms with Gasteiger partial charge >= 0.3 is 0 Å². The van der Waals surface area contributed by atoms with E-state index in [4.69, 9.17) is 0 Å². The maximum atomic E-state index is 13.1. The number of aryl methyl sites for hydroxylation is 1. The average molecular weight is 333 g/mol. The standard InChI is InChI=1S/C13H13F2NO3S2/c1-8-7-20-12(6-17)13(8)21(18,19)16-5-9-2-3-10(14)11(15)4-9/h2-4,7,16-17H,5-6H2,1H3. The molecule has 0 fully saturated rings. The van der Waals surface area contributed by atoms with Gasteiger partial charge in [-0.25, -0.2) is 21.9 Å². The molecule has 0 amide bonds. The van der Waals surface area contributed by atoms with Crippen molar-refractivity contribution in [2.24, 2.45) is 0 Å². The third-order valence-electron chi connectivity index (χ3n) is 2.85. The predicted octanol–water partition coefficient (Wildman–Crippen LogP) is 2.31. The van der Waals surface area contributed by atoms with Crippen LogP contribution in [0.2, 0.25) is 0 Å². The first-order valence-electron chi connectivity index (χ1n) is 5.96. The van der Waals surface area contributed by atoms with E-state index < -0.39 is 21.7 Å². The molecule has 0 saturated heterocycles. The van der Waals surface area contributed by atoms with Crippen molar-refractivity contribution >= 4 is 21.4 Å². The number of sulfonamides is 1. The zero-order valence-electron chi connectivity index (χ0n) is 11.1. The highest BCUT2D eigenvalue weighted by Crippen LogP contribution is 2.26. The molecule has 114 valence electrons. The molecule has 0 radical (unpaired) electrons. The Morgan fingerprint density at radius 1 is 1.29 bits per heavy atom. The van der Waals surface area contributed by atoms with Crippen molar-refractivity contribution in [2.45, 2.75) is 25.0 Å². The molecule has 4 nitrogen and oxygen atoms in total. The van der Waals surface area contributed by atoms with Gasteiger partial charge in [0.05, 0.1) is 11.5 Å². The van der Waals surface area contributed by atoms with Crippen LogP contribution in [0.5, 0.6) is 0 Å². The number of hydrogen-bond acceptors (Lipinski definition) is 4. The van der Waals surface area contributed by atoms with Gasteiger partial charge in [0.2, 0.25) is 10.0 Å². The Morgan fingerprint density at radius 3 is 2.62 bits per heavy atom. The fourth-order valence-corrected chi connectivity index (χ4v) is 4.53. The van der Waals surface area contributed by atoms with Crippen molar-refractivity contribution in [3.63, 3.8) is 0 Å². The van der Waals surface area contributed by atoms with Crippen LogP contribution in [-0.4, -0.2) is 13.5 Å². The SMILES string of the molecule is Cc1csc(CO)c1S(=O)(=O)NCc1ccc(F)c(F)c1. The molecule has 0 aliphatic carbocycles. The van der Waals surface area contributed by atoms with Crippen LogP contribution in [0.15, 0.2) is 28.5 Å². The minimum Gasteiger partial charge on any atom is -0.391 e. The number of halogens is 2. The fraction of sp³-hybridized carbons (Fsp3) is 0.231. The van der Waals surface area contributed by atoms with Crippen molar-refractivity contribution in [1.82, 2.24) is 4.72 Å². The van der Waals surface area contributed by atoms with Gasteiger partial charge < -0.3 is 5.11 Å². The molecule has 21 heavy (non-hydrogen) atoms. The highest BCUT2D eigenvalue weighted by Gasteiger charge is 2.22. The number of nitrogens with one attached hydrogen (secondary N) is 1. The van der Waals surface area contributed by atoms with Gasteiger partial charge in [0.25, 0.3) is 0 Å². The molecular weight excluding hydrogens is 320 g/mol. The van der Waals surface area contributed by atoms with Gasteiger partial charge in [0.1, 0.15) is 4.90 Å². The third kappa shape index (κ3) is 3.46. The summed E-state index contributed by atoms with van der Waals surface area (Å²) < 4.78 is 52.7. The van der Waals surface area contributed by atoms with Crippen LogP contribution in [0.1, 0.15) is 16.0 Å². The summed E-state index contributed by atoms with van der Waals surface area (Å²) in [5.41, 5.74) is 0.831. The van der Waals surface area contributed by atoms with E-state index >= 15 is 0 Å². The third-order valence-corrected chi connectivity index (χ3v) is 5.70. The molecular formula is C13H13F2NO3S2. The fourth-order valence-electron chi connectivity index (χ4n) is 1.86. The molecule has 0 spiro atoms. The van der Waals surface area contributed by atoms with E-state index in [9.17, 15) is 22.3 Å². The second-order valence-electron chi connectivity index (χ2n) is 4.40. The van der Waals surface area contributed by atoms with Crippen LogP contribution in [0.4, 0.5) is 8.78 Å². The van der Waals surface area contributed by atoms with Crippen LogP contribution < -0.4 is 4.72 Å². The van der Waals surface area contributed by atoms with Gasteiger partial charge in [0.15, 0.2) is 11.6 Å². The number of rotatable bonds is 5. The van der Waals surface area contributed by atoms with Gasteiger partial charge in [-0.2, -0.15) is 0 Å². The molecule has 1 heterocycles. The maximum Gasteiger partial charge on any atom is 0.242 e. The van der Waals surface area contributed by atoms with Gasteiger partial charge in [-0.1, -0.05) is 6.07 Å². The molecule has 0 aliphatic heterocycles. The molecule has 0 bridgehead atoms. The Hall–Kier alpha value is -1.35. The highest BCUT2D eigenvalue weighted by atomic mass is 32.2. The van der Waals surface area contributed by atoms with Crippen LogP contribution in [0.25, 0.3) is 0 Å². The summed E-state index contributed by atoms with van der Waals surface area (Å²) in [5, 5.41) is 10.8. The molecule has 8 heteroatoms. The molecule has 1 aromatic heterocycles. The molecule has 0 aliphatic rings. The molecule has 1 aromatic carbocycles. The summed E-state index contributed by atoms with van der Waals surface area (Å²) in [6.45, 7) is 1.08. The van der Waals surface area contributed by atoms with Gasteiger partial charge in [-0.3, -0.25) is 0 Å². The molecule has 0 unspecified atom stereocenters. The summed E-state index contributed by atoms with van der Waals surface area (Å²) >= 11 is 1.15. The summed E-state index contributed by atoms with van der Waals surface area (Å²) in [7, 11) is -3.83. The lowest BCUT2D eigenvalue weighted by atomic mass is 10.2. The Labute approximate surface area is 125 Å². The molecule has 2 rings (SSSR count). The molecule has 0 saturated carbocycles. The first-order chi connectivity index (χ1) is 9.85. The van der Waals surface area contributed by atoms with E-state index in [0.29, 0.717) is 16.0 Å². The number of aliphatic hydroxyl groups excluding tert-OH is 1. The van der Waals surface area contributed by atoms with Gasteiger partial charge in [-0.15, -0.1) is 11.3 Å². The minimum absolute atomic E-state index is 0.0394.